The Morgan fingerprint density at radius 1 is 1.85 bits per heavy atom. The van der Waals surface area contributed by atoms with Gasteiger partial charge in [-0.15, -0.1) is 13.0 Å². The van der Waals surface area contributed by atoms with E-state index in [1.807, 2.05) is 0 Å². The highest BCUT2D eigenvalue weighted by molar-refractivity contribution is 5.91. The van der Waals surface area contributed by atoms with Gasteiger partial charge in [-0.2, -0.15) is 0 Å². The highest BCUT2D eigenvalue weighted by Crippen LogP contribution is 2.24. The van der Waals surface area contributed by atoms with Gasteiger partial charge in [0.1, 0.15) is 0 Å². The van der Waals surface area contributed by atoms with Gasteiger partial charge < -0.3 is 5.11 Å². The van der Waals surface area contributed by atoms with E-state index in [2.05, 4.69) is 12.5 Å². The van der Waals surface area contributed by atoms with Crippen molar-refractivity contribution in [1.29, 1.82) is 0 Å². The molecule has 1 unspecified atom stereocenters. The van der Waals surface area contributed by atoms with Crippen LogP contribution < -0.4 is 0 Å². The Labute approximate surface area is 77.4 Å². The Morgan fingerprint density at radius 3 is 3.08 bits per heavy atom. The number of carbonyl (C=O) groups is 1. The summed E-state index contributed by atoms with van der Waals surface area (Å²) in [6.45, 7) is 3.61. The van der Waals surface area contributed by atoms with Crippen LogP contribution in [-0.2, 0) is 4.79 Å². The quantitative estimate of drug-likeness (QED) is 0.497. The van der Waals surface area contributed by atoms with Crippen molar-refractivity contribution in [2.75, 3.05) is 6.54 Å². The molecule has 1 amide bonds. The number of terminal acetylenes is 1. The van der Waals surface area contributed by atoms with Gasteiger partial charge in [-0.1, -0.05) is 12.0 Å². The molecule has 68 valence electrons. The molecule has 1 N–H and O–H groups in total. The van der Waals surface area contributed by atoms with Gasteiger partial charge in [0.05, 0.1) is 6.54 Å². The van der Waals surface area contributed by atoms with E-state index >= 15 is 0 Å². The summed E-state index contributed by atoms with van der Waals surface area (Å²) in [6.07, 6.45) is 9.68. The van der Waals surface area contributed by atoms with E-state index in [0.717, 1.165) is 0 Å². The summed E-state index contributed by atoms with van der Waals surface area (Å²) in [6, 6.07) is 0. The van der Waals surface area contributed by atoms with Gasteiger partial charge in [0, 0.05) is 12.5 Å². The summed E-state index contributed by atoms with van der Waals surface area (Å²) in [4.78, 5) is 12.4. The second-order valence-corrected chi connectivity index (χ2v) is 2.83. The van der Waals surface area contributed by atoms with Crippen LogP contribution >= 0.6 is 0 Å². The van der Waals surface area contributed by atoms with Crippen LogP contribution in [0.5, 0.6) is 0 Å². The Hall–Kier alpha value is -1.53. The first kappa shape index (κ1) is 9.56. The molecule has 0 saturated carbocycles. The number of carbonyl (C=O) groups excluding carboxylic acids is 1. The maximum Gasteiger partial charge on any atom is 0.249 e. The summed E-state index contributed by atoms with van der Waals surface area (Å²) in [5, 5.41) is 9.90. The first-order valence-electron chi connectivity index (χ1n) is 3.91. The average Bonchev–Trinajstić information content (AvgIpc) is 2.34. The fourth-order valence-corrected chi connectivity index (χ4v) is 1.27. The lowest BCUT2D eigenvalue weighted by atomic mass is 10.1. The molecule has 0 bridgehead atoms. The Bertz CT molecular complexity index is 301. The third kappa shape index (κ3) is 1.63. The molecule has 1 rings (SSSR count). The van der Waals surface area contributed by atoms with Gasteiger partial charge >= 0.3 is 0 Å². The van der Waals surface area contributed by atoms with Crippen molar-refractivity contribution in [3.05, 3.63) is 24.8 Å². The first-order chi connectivity index (χ1) is 6.14. The maximum atomic E-state index is 11.2. The SMILES string of the molecule is C#CCN1C(=O)C=CC1(O)CC=C. The fraction of sp³-hybridized carbons (Fsp3) is 0.300. The van der Waals surface area contributed by atoms with E-state index in [9.17, 15) is 9.90 Å². The topological polar surface area (TPSA) is 40.5 Å². The predicted molar refractivity (Wildman–Crippen MR) is 49.4 cm³/mol. The summed E-state index contributed by atoms with van der Waals surface area (Å²) in [7, 11) is 0. The third-order valence-electron chi connectivity index (χ3n) is 1.92. The van der Waals surface area contributed by atoms with Gasteiger partial charge in [0.2, 0.25) is 5.91 Å². The zero-order valence-corrected chi connectivity index (χ0v) is 7.23. The van der Waals surface area contributed by atoms with E-state index in [4.69, 9.17) is 6.42 Å². The maximum absolute atomic E-state index is 11.2. The van der Waals surface area contributed by atoms with Crippen LogP contribution in [0.15, 0.2) is 24.8 Å². The van der Waals surface area contributed by atoms with Crippen LogP contribution in [0.4, 0.5) is 0 Å². The molecule has 1 atom stereocenters. The fourth-order valence-electron chi connectivity index (χ4n) is 1.27. The van der Waals surface area contributed by atoms with E-state index in [1.165, 1.54) is 17.1 Å². The molecule has 0 fully saturated rings. The normalized spacial score (nSPS) is 26.2. The minimum atomic E-state index is -1.27. The van der Waals surface area contributed by atoms with E-state index in [-0.39, 0.29) is 18.9 Å². The zero-order chi connectivity index (χ0) is 9.90. The molecule has 13 heavy (non-hydrogen) atoms. The van der Waals surface area contributed by atoms with Crippen LogP contribution in [0.2, 0.25) is 0 Å². The highest BCUT2D eigenvalue weighted by atomic mass is 16.3. The molecule has 0 radical (unpaired) electrons. The van der Waals surface area contributed by atoms with Crippen LogP contribution in [0, 0.1) is 12.3 Å². The van der Waals surface area contributed by atoms with E-state index in [0.29, 0.717) is 0 Å². The molecule has 0 aromatic carbocycles. The van der Waals surface area contributed by atoms with Crippen molar-refractivity contribution in [3.8, 4) is 12.3 Å². The van der Waals surface area contributed by atoms with Gasteiger partial charge in [-0.05, 0) is 6.08 Å². The molecule has 3 heteroatoms. The minimum Gasteiger partial charge on any atom is -0.367 e. The third-order valence-corrected chi connectivity index (χ3v) is 1.92. The molecule has 0 aromatic heterocycles. The predicted octanol–water partition coefficient (Wildman–Crippen LogP) is 0.283. The smallest absolute Gasteiger partial charge is 0.249 e. The molecule has 3 nitrogen and oxygen atoms in total. The highest BCUT2D eigenvalue weighted by Gasteiger charge is 2.37. The summed E-state index contributed by atoms with van der Waals surface area (Å²) < 4.78 is 0. The van der Waals surface area contributed by atoms with E-state index in [1.54, 1.807) is 6.08 Å². The molecule has 1 aliphatic heterocycles. The number of nitrogens with zero attached hydrogens (tertiary/aromatic N) is 1. The Balaban J connectivity index is 2.85. The number of hydrogen-bond donors (Lipinski definition) is 1. The second kappa shape index (κ2) is 3.46. The van der Waals surface area contributed by atoms with Crippen molar-refractivity contribution >= 4 is 5.91 Å². The number of rotatable bonds is 3. The lowest BCUT2D eigenvalue weighted by Gasteiger charge is -2.30. The second-order valence-electron chi connectivity index (χ2n) is 2.83. The van der Waals surface area contributed by atoms with Crippen LogP contribution in [0.25, 0.3) is 0 Å². The van der Waals surface area contributed by atoms with Gasteiger partial charge in [-0.3, -0.25) is 9.69 Å². The summed E-state index contributed by atoms with van der Waals surface area (Å²) >= 11 is 0. The standard InChI is InChI=1S/C10H11NO2/c1-3-6-10(13)7-5-9(12)11(10)8-4-2/h2-3,5,7,13H,1,6,8H2. The minimum absolute atomic E-state index is 0.107. The molecule has 1 heterocycles. The average molecular weight is 177 g/mol. The van der Waals surface area contributed by atoms with Crippen molar-refractivity contribution in [2.45, 2.75) is 12.1 Å². The Kier molecular flexibility index (Phi) is 2.54. The summed E-state index contributed by atoms with van der Waals surface area (Å²) in [5.41, 5.74) is -1.27. The molecular formula is C10H11NO2. The Morgan fingerprint density at radius 2 is 2.54 bits per heavy atom. The lowest BCUT2D eigenvalue weighted by Crippen LogP contribution is -2.46. The van der Waals surface area contributed by atoms with Gasteiger partial charge in [0.25, 0.3) is 0 Å². The molecule has 0 aliphatic carbocycles. The van der Waals surface area contributed by atoms with Crippen LogP contribution in [0.3, 0.4) is 0 Å². The number of hydrogen-bond acceptors (Lipinski definition) is 2. The monoisotopic (exact) mass is 177 g/mol. The van der Waals surface area contributed by atoms with Crippen molar-refractivity contribution < 1.29 is 9.90 Å². The lowest BCUT2D eigenvalue weighted by molar-refractivity contribution is -0.139. The van der Waals surface area contributed by atoms with Gasteiger partial charge in [-0.25, -0.2) is 0 Å². The number of amides is 1. The molecule has 0 saturated heterocycles. The largest absolute Gasteiger partial charge is 0.367 e. The molecule has 0 spiro atoms. The summed E-state index contributed by atoms with van der Waals surface area (Å²) in [5.74, 6) is 2.06. The van der Waals surface area contributed by atoms with Gasteiger partial charge in [0.15, 0.2) is 5.72 Å². The van der Waals surface area contributed by atoms with Crippen molar-refractivity contribution in [3.63, 3.8) is 0 Å². The molecule has 0 aromatic rings. The van der Waals surface area contributed by atoms with E-state index < -0.39 is 5.72 Å². The van der Waals surface area contributed by atoms with Crippen LogP contribution in [0.1, 0.15) is 6.42 Å². The van der Waals surface area contributed by atoms with Crippen molar-refractivity contribution in [2.24, 2.45) is 0 Å². The first-order valence-corrected chi connectivity index (χ1v) is 3.91. The van der Waals surface area contributed by atoms with Crippen molar-refractivity contribution in [1.82, 2.24) is 4.90 Å². The van der Waals surface area contributed by atoms with Crippen LogP contribution in [-0.4, -0.2) is 28.2 Å². The molecule has 1 aliphatic rings. The zero-order valence-electron chi connectivity index (χ0n) is 7.23. The number of aliphatic hydroxyl groups is 1. The molecular weight excluding hydrogens is 166 g/mol.